The van der Waals surface area contributed by atoms with E-state index in [1.54, 1.807) is 11.0 Å². The third-order valence-electron chi connectivity index (χ3n) is 8.62. The minimum atomic E-state index is -0.264. The molecule has 0 aliphatic carbocycles. The van der Waals surface area contributed by atoms with E-state index in [1.165, 1.54) is 11.7 Å². The third-order valence-corrected chi connectivity index (χ3v) is 8.62. The first kappa shape index (κ1) is 32.0. The first-order chi connectivity index (χ1) is 22.9. The Bertz CT molecular complexity index is 1770. The molecule has 10 nitrogen and oxygen atoms in total. The molecule has 0 atom stereocenters. The lowest BCUT2D eigenvalue weighted by Gasteiger charge is -2.41. The van der Waals surface area contributed by atoms with Crippen molar-refractivity contribution >= 4 is 11.9 Å². The summed E-state index contributed by atoms with van der Waals surface area (Å²) in [6, 6.07) is 24.7. The van der Waals surface area contributed by atoms with Crippen LogP contribution in [0.1, 0.15) is 42.1 Å². The van der Waals surface area contributed by atoms with Crippen molar-refractivity contribution < 1.29 is 23.8 Å². The molecule has 0 bridgehead atoms. The summed E-state index contributed by atoms with van der Waals surface area (Å²) < 4.78 is 18.3. The minimum Gasteiger partial charge on any atom is -0.493 e. The largest absolute Gasteiger partial charge is 0.493 e. The minimum absolute atomic E-state index is 0.0613. The lowest BCUT2D eigenvalue weighted by molar-refractivity contribution is -0.142. The maximum atomic E-state index is 14.1. The van der Waals surface area contributed by atoms with E-state index in [0.717, 1.165) is 30.5 Å². The van der Waals surface area contributed by atoms with Crippen molar-refractivity contribution in [2.24, 2.45) is 5.92 Å². The van der Waals surface area contributed by atoms with Crippen LogP contribution >= 0.6 is 0 Å². The second-order valence-electron chi connectivity index (χ2n) is 12.0. The Balaban J connectivity index is 1.14. The fraction of sp³-hybridized carbons (Fsp3) is 0.351. The zero-order valence-corrected chi connectivity index (χ0v) is 26.9. The van der Waals surface area contributed by atoms with Gasteiger partial charge in [-0.2, -0.15) is 0 Å². The summed E-state index contributed by atoms with van der Waals surface area (Å²) in [5, 5.41) is 0. The maximum absolute atomic E-state index is 14.1. The van der Waals surface area contributed by atoms with Gasteiger partial charge in [0.2, 0.25) is 5.91 Å². The Morgan fingerprint density at radius 3 is 2.43 bits per heavy atom. The number of para-hydroxylation sites is 1. The van der Waals surface area contributed by atoms with Gasteiger partial charge < -0.3 is 19.1 Å². The van der Waals surface area contributed by atoms with E-state index in [1.807, 2.05) is 72.8 Å². The van der Waals surface area contributed by atoms with Gasteiger partial charge in [-0.15, -0.1) is 0 Å². The standard InChI is InChI=1S/C37H40N4O6/c1-3-4-19-46-30-11-8-12-31(21-30)47-37-38-33-17-18-40(25-32(33)36(44)41(37)29-9-6-5-7-10-29)35(43)28-23-39(24-28)22-27-15-13-26(14-16-27)20-34(42)45-2/h5-16,21,28H,3-4,17-20,22-25H2,1-2H3. The second-order valence-corrected chi connectivity index (χ2v) is 12.0. The highest BCUT2D eigenvalue weighted by Gasteiger charge is 2.37. The quantitative estimate of drug-likeness (QED) is 0.159. The van der Waals surface area contributed by atoms with Gasteiger partial charge in [0.1, 0.15) is 11.5 Å². The van der Waals surface area contributed by atoms with Crippen molar-refractivity contribution in [1.29, 1.82) is 0 Å². The highest BCUT2D eigenvalue weighted by atomic mass is 16.5. The van der Waals surface area contributed by atoms with Crippen LogP contribution < -0.4 is 15.0 Å². The monoisotopic (exact) mass is 636 g/mol. The first-order valence-corrected chi connectivity index (χ1v) is 16.2. The predicted octanol–water partition coefficient (Wildman–Crippen LogP) is 4.94. The zero-order chi connectivity index (χ0) is 32.8. The van der Waals surface area contributed by atoms with Crippen LogP contribution in [0.4, 0.5) is 0 Å². The fourth-order valence-electron chi connectivity index (χ4n) is 5.96. The Kier molecular flexibility index (Phi) is 9.97. The molecule has 0 unspecified atom stereocenters. The Morgan fingerprint density at radius 2 is 1.68 bits per heavy atom. The van der Waals surface area contributed by atoms with Gasteiger partial charge in [-0.3, -0.25) is 19.3 Å². The molecule has 2 aliphatic heterocycles. The lowest BCUT2D eigenvalue weighted by atomic mass is 9.95. The topological polar surface area (TPSA) is 103 Å². The molecule has 1 fully saturated rings. The molecule has 10 heteroatoms. The number of likely N-dealkylation sites (tertiary alicyclic amines) is 1. The molecule has 0 saturated carbocycles. The van der Waals surface area contributed by atoms with Gasteiger partial charge in [0, 0.05) is 38.7 Å². The second kappa shape index (κ2) is 14.6. The molecule has 1 aromatic heterocycles. The number of esters is 1. The average Bonchev–Trinajstić information content (AvgIpc) is 3.07. The van der Waals surface area contributed by atoms with E-state index in [-0.39, 0.29) is 42.3 Å². The van der Waals surface area contributed by atoms with Crippen LogP contribution in [0, 0.1) is 5.92 Å². The number of ether oxygens (including phenoxy) is 3. The fourth-order valence-corrected chi connectivity index (χ4v) is 5.96. The summed E-state index contributed by atoms with van der Waals surface area (Å²) in [7, 11) is 1.39. The molecule has 47 heavy (non-hydrogen) atoms. The van der Waals surface area contributed by atoms with Crippen molar-refractivity contribution in [3.05, 3.63) is 112 Å². The molecule has 1 amide bonds. The number of hydrogen-bond acceptors (Lipinski definition) is 8. The number of unbranched alkanes of at least 4 members (excludes halogenated alkanes) is 1. The van der Waals surface area contributed by atoms with Crippen molar-refractivity contribution in [2.75, 3.05) is 33.4 Å². The van der Waals surface area contributed by atoms with Gasteiger partial charge in [-0.05, 0) is 41.8 Å². The number of aromatic nitrogens is 2. The first-order valence-electron chi connectivity index (χ1n) is 16.2. The van der Waals surface area contributed by atoms with Crippen LogP contribution in [-0.2, 0) is 40.3 Å². The van der Waals surface area contributed by atoms with Gasteiger partial charge in [0.25, 0.3) is 5.56 Å². The van der Waals surface area contributed by atoms with E-state index in [4.69, 9.17) is 19.2 Å². The number of carbonyl (C=O) groups is 2. The Hall–Kier alpha value is -4.96. The zero-order valence-electron chi connectivity index (χ0n) is 26.9. The molecule has 3 heterocycles. The Labute approximate surface area is 274 Å². The van der Waals surface area contributed by atoms with Crippen molar-refractivity contribution in [3.63, 3.8) is 0 Å². The number of hydrogen-bond donors (Lipinski definition) is 0. The summed E-state index contributed by atoms with van der Waals surface area (Å²) in [4.78, 5) is 48.0. The molecule has 6 rings (SSSR count). The average molecular weight is 637 g/mol. The molecular formula is C37H40N4O6. The molecular weight excluding hydrogens is 596 g/mol. The van der Waals surface area contributed by atoms with Crippen LogP contribution in [0.3, 0.4) is 0 Å². The van der Waals surface area contributed by atoms with Crippen LogP contribution in [-0.4, -0.2) is 64.6 Å². The molecule has 2 aliphatic rings. The number of amides is 1. The number of nitrogens with zero attached hydrogens (tertiary/aromatic N) is 4. The van der Waals surface area contributed by atoms with E-state index < -0.39 is 0 Å². The van der Waals surface area contributed by atoms with Gasteiger partial charge in [-0.1, -0.05) is 61.9 Å². The third kappa shape index (κ3) is 7.55. The van der Waals surface area contributed by atoms with Gasteiger partial charge >= 0.3 is 12.0 Å². The summed E-state index contributed by atoms with van der Waals surface area (Å²) >= 11 is 0. The number of fused-ring (bicyclic) bond motifs is 1. The normalized spacial score (nSPS) is 14.6. The van der Waals surface area contributed by atoms with E-state index in [2.05, 4.69) is 11.8 Å². The summed E-state index contributed by atoms with van der Waals surface area (Å²) in [6.07, 6.45) is 2.71. The lowest BCUT2D eigenvalue weighted by Crippen LogP contribution is -2.55. The van der Waals surface area contributed by atoms with Crippen LogP contribution in [0.15, 0.2) is 83.7 Å². The summed E-state index contributed by atoms with van der Waals surface area (Å²) in [5.74, 6) is 0.898. The van der Waals surface area contributed by atoms with E-state index >= 15 is 0 Å². The van der Waals surface area contributed by atoms with E-state index in [0.29, 0.717) is 61.1 Å². The molecule has 0 spiro atoms. The smallest absolute Gasteiger partial charge is 0.309 e. The maximum Gasteiger partial charge on any atom is 0.309 e. The molecule has 1 saturated heterocycles. The number of carbonyl (C=O) groups excluding carboxylic acids is 2. The SMILES string of the molecule is CCCCOc1cccc(Oc2nc3c(c(=O)n2-c2ccccc2)CN(C(=O)C2CN(Cc4ccc(CC(=O)OC)cc4)C2)CC3)c1. The Morgan fingerprint density at radius 1 is 0.936 bits per heavy atom. The van der Waals surface area contributed by atoms with Crippen molar-refractivity contribution in [2.45, 2.75) is 45.7 Å². The highest BCUT2D eigenvalue weighted by Crippen LogP contribution is 2.29. The highest BCUT2D eigenvalue weighted by molar-refractivity contribution is 5.80. The summed E-state index contributed by atoms with van der Waals surface area (Å²) in [6.45, 7) is 5.49. The van der Waals surface area contributed by atoms with Gasteiger partial charge in [0.05, 0.1) is 49.5 Å². The molecule has 4 aromatic rings. The predicted molar refractivity (Wildman–Crippen MR) is 177 cm³/mol. The van der Waals surface area contributed by atoms with Gasteiger partial charge in [0.15, 0.2) is 0 Å². The number of methoxy groups -OCH3 is 1. The van der Waals surface area contributed by atoms with Crippen LogP contribution in [0.5, 0.6) is 17.5 Å². The van der Waals surface area contributed by atoms with Crippen molar-refractivity contribution in [1.82, 2.24) is 19.4 Å². The summed E-state index contributed by atoms with van der Waals surface area (Å²) in [5.41, 5.74) is 3.59. The molecule has 244 valence electrons. The van der Waals surface area contributed by atoms with Gasteiger partial charge in [-0.25, -0.2) is 9.55 Å². The molecule has 3 aromatic carbocycles. The van der Waals surface area contributed by atoms with E-state index in [9.17, 15) is 14.4 Å². The number of rotatable bonds is 12. The van der Waals surface area contributed by atoms with Crippen molar-refractivity contribution in [3.8, 4) is 23.2 Å². The van der Waals surface area contributed by atoms with Crippen LogP contribution in [0.2, 0.25) is 0 Å². The van der Waals surface area contributed by atoms with Crippen LogP contribution in [0.25, 0.3) is 5.69 Å². The molecule has 0 N–H and O–H groups in total. The number of benzene rings is 3. The molecule has 0 radical (unpaired) electrons.